The van der Waals surface area contributed by atoms with Crippen molar-refractivity contribution in [2.24, 2.45) is 5.41 Å². The topological polar surface area (TPSA) is 12.0 Å². The molecule has 18 heavy (non-hydrogen) atoms. The second-order valence-electron chi connectivity index (χ2n) is 6.61. The first kappa shape index (κ1) is 15.2. The molecule has 0 aliphatic heterocycles. The van der Waals surface area contributed by atoms with Gasteiger partial charge in [0.1, 0.15) is 0 Å². The molecule has 1 aromatic rings. The van der Waals surface area contributed by atoms with Gasteiger partial charge in [0.25, 0.3) is 0 Å². The van der Waals surface area contributed by atoms with Gasteiger partial charge in [0, 0.05) is 6.04 Å². The molecule has 0 heterocycles. The Labute approximate surface area is 113 Å². The van der Waals surface area contributed by atoms with E-state index < -0.39 is 0 Å². The van der Waals surface area contributed by atoms with Crippen molar-refractivity contribution in [2.45, 2.75) is 60.4 Å². The van der Waals surface area contributed by atoms with Gasteiger partial charge in [-0.3, -0.25) is 0 Å². The third kappa shape index (κ3) is 4.13. The highest BCUT2D eigenvalue weighted by Crippen LogP contribution is 2.30. The highest BCUT2D eigenvalue weighted by Gasteiger charge is 2.22. The van der Waals surface area contributed by atoms with Crippen molar-refractivity contribution in [2.75, 3.05) is 7.05 Å². The van der Waals surface area contributed by atoms with E-state index in [9.17, 15) is 0 Å². The fraction of sp³-hybridized carbons (Fsp3) is 0.647. The zero-order valence-electron chi connectivity index (χ0n) is 13.1. The van der Waals surface area contributed by atoms with Crippen molar-refractivity contribution in [3.8, 4) is 0 Å². The molecule has 0 radical (unpaired) electrons. The van der Waals surface area contributed by atoms with E-state index in [0.717, 1.165) is 6.42 Å². The normalized spacial score (nSPS) is 13.7. The summed E-state index contributed by atoms with van der Waals surface area (Å²) in [6, 6.07) is 5.19. The second kappa shape index (κ2) is 5.88. The second-order valence-corrected chi connectivity index (χ2v) is 6.61. The zero-order chi connectivity index (χ0) is 13.9. The molecule has 0 saturated carbocycles. The molecule has 0 bridgehead atoms. The van der Waals surface area contributed by atoms with Crippen LogP contribution in [0.3, 0.4) is 0 Å². The van der Waals surface area contributed by atoms with Crippen molar-refractivity contribution < 1.29 is 0 Å². The van der Waals surface area contributed by atoms with Gasteiger partial charge in [-0.15, -0.1) is 0 Å². The minimum absolute atomic E-state index is 0.340. The summed E-state index contributed by atoms with van der Waals surface area (Å²) in [5, 5.41) is 3.35. The summed E-state index contributed by atoms with van der Waals surface area (Å²) in [5.41, 5.74) is 6.13. The van der Waals surface area contributed by atoms with Crippen LogP contribution in [0.1, 0.15) is 49.4 Å². The summed E-state index contributed by atoms with van der Waals surface area (Å²) in [7, 11) is 2.04. The average molecular weight is 247 g/mol. The van der Waals surface area contributed by atoms with Crippen molar-refractivity contribution in [1.82, 2.24) is 5.32 Å². The van der Waals surface area contributed by atoms with Crippen LogP contribution in [-0.2, 0) is 6.42 Å². The number of hydrogen-bond acceptors (Lipinski definition) is 1. The molecule has 0 amide bonds. The molecule has 0 aliphatic rings. The minimum Gasteiger partial charge on any atom is -0.317 e. The molecule has 0 aliphatic carbocycles. The van der Waals surface area contributed by atoms with Gasteiger partial charge in [-0.2, -0.15) is 0 Å². The quantitative estimate of drug-likeness (QED) is 0.823. The van der Waals surface area contributed by atoms with Crippen LogP contribution in [0.5, 0.6) is 0 Å². The van der Waals surface area contributed by atoms with Crippen molar-refractivity contribution >= 4 is 0 Å². The van der Waals surface area contributed by atoms with Crippen LogP contribution in [0.15, 0.2) is 12.1 Å². The third-order valence-corrected chi connectivity index (χ3v) is 3.85. The number of rotatable bonds is 5. The fourth-order valence-corrected chi connectivity index (χ4v) is 2.97. The van der Waals surface area contributed by atoms with Gasteiger partial charge in [-0.05, 0) is 69.7 Å². The molecule has 1 nitrogen and oxygen atoms in total. The third-order valence-electron chi connectivity index (χ3n) is 3.85. The molecular formula is C17H29N. The lowest BCUT2D eigenvalue weighted by Crippen LogP contribution is -2.30. The Morgan fingerprint density at radius 2 is 1.61 bits per heavy atom. The Kier molecular flexibility index (Phi) is 4.98. The Bertz CT molecular complexity index is 381. The maximum atomic E-state index is 3.35. The Hall–Kier alpha value is -0.820. The van der Waals surface area contributed by atoms with E-state index in [1.165, 1.54) is 28.7 Å². The maximum absolute atomic E-state index is 3.35. The van der Waals surface area contributed by atoms with E-state index >= 15 is 0 Å². The highest BCUT2D eigenvalue weighted by atomic mass is 14.9. The van der Waals surface area contributed by atoms with Crippen molar-refractivity contribution in [1.29, 1.82) is 0 Å². The minimum atomic E-state index is 0.340. The lowest BCUT2D eigenvalue weighted by Gasteiger charge is -2.29. The lowest BCUT2D eigenvalue weighted by molar-refractivity contribution is 0.292. The molecule has 1 N–H and O–H groups in total. The van der Waals surface area contributed by atoms with Gasteiger partial charge in [-0.25, -0.2) is 0 Å². The Balaban J connectivity index is 2.90. The molecule has 1 unspecified atom stereocenters. The van der Waals surface area contributed by atoms with E-state index in [1.807, 2.05) is 7.05 Å². The molecule has 1 atom stereocenters. The molecule has 1 rings (SSSR count). The Morgan fingerprint density at radius 1 is 1.11 bits per heavy atom. The largest absolute Gasteiger partial charge is 0.317 e. The van der Waals surface area contributed by atoms with Crippen LogP contribution in [0.25, 0.3) is 0 Å². The van der Waals surface area contributed by atoms with E-state index in [0.29, 0.717) is 11.5 Å². The van der Waals surface area contributed by atoms with Crippen LogP contribution in [0.4, 0.5) is 0 Å². The first-order valence-electron chi connectivity index (χ1n) is 6.99. The summed E-state index contributed by atoms with van der Waals surface area (Å²) in [5.74, 6) is 0. The number of hydrogen-bond donors (Lipinski definition) is 1. The van der Waals surface area contributed by atoms with E-state index in [4.69, 9.17) is 0 Å². The number of benzene rings is 1. The van der Waals surface area contributed by atoms with E-state index in [-0.39, 0.29) is 0 Å². The van der Waals surface area contributed by atoms with Gasteiger partial charge in [0.05, 0.1) is 0 Å². The number of nitrogens with one attached hydrogen (secondary N) is 1. The van der Waals surface area contributed by atoms with E-state index in [1.54, 1.807) is 0 Å². The maximum Gasteiger partial charge on any atom is 0.00409 e. The van der Waals surface area contributed by atoms with Crippen molar-refractivity contribution in [3.63, 3.8) is 0 Å². The zero-order valence-corrected chi connectivity index (χ0v) is 13.1. The number of aryl methyl sites for hydroxylation is 3. The van der Waals surface area contributed by atoms with Gasteiger partial charge in [-0.1, -0.05) is 31.5 Å². The highest BCUT2D eigenvalue weighted by molar-refractivity contribution is 5.38. The SMILES string of the molecule is CNC(C)CC(C)(C)Cc1c(C)cc(C)cc1C. The summed E-state index contributed by atoms with van der Waals surface area (Å²) >= 11 is 0. The monoisotopic (exact) mass is 247 g/mol. The van der Waals surface area contributed by atoms with Crippen LogP contribution in [0, 0.1) is 26.2 Å². The first-order chi connectivity index (χ1) is 8.25. The fourth-order valence-electron chi connectivity index (χ4n) is 2.97. The van der Waals surface area contributed by atoms with Gasteiger partial charge in [0.2, 0.25) is 0 Å². The van der Waals surface area contributed by atoms with Crippen LogP contribution >= 0.6 is 0 Å². The van der Waals surface area contributed by atoms with Crippen LogP contribution in [0.2, 0.25) is 0 Å². The predicted molar refractivity (Wildman–Crippen MR) is 81.3 cm³/mol. The first-order valence-corrected chi connectivity index (χ1v) is 6.99. The smallest absolute Gasteiger partial charge is 0.00409 e. The van der Waals surface area contributed by atoms with Gasteiger partial charge in [0.15, 0.2) is 0 Å². The molecule has 1 heteroatoms. The summed E-state index contributed by atoms with van der Waals surface area (Å²) < 4.78 is 0. The van der Waals surface area contributed by atoms with Crippen LogP contribution in [-0.4, -0.2) is 13.1 Å². The van der Waals surface area contributed by atoms with Crippen LogP contribution < -0.4 is 5.32 Å². The van der Waals surface area contributed by atoms with E-state index in [2.05, 4.69) is 59.0 Å². The lowest BCUT2D eigenvalue weighted by atomic mass is 9.78. The molecule has 0 spiro atoms. The standard InChI is InChI=1S/C17H29N/c1-12-8-13(2)16(14(3)9-12)11-17(5,6)10-15(4)18-7/h8-9,15,18H,10-11H2,1-7H3. The summed E-state index contributed by atoms with van der Waals surface area (Å²) in [6.45, 7) is 13.7. The molecule has 0 aromatic heterocycles. The summed E-state index contributed by atoms with van der Waals surface area (Å²) in [4.78, 5) is 0. The van der Waals surface area contributed by atoms with Crippen molar-refractivity contribution in [3.05, 3.63) is 34.4 Å². The average Bonchev–Trinajstić information content (AvgIpc) is 2.22. The molecule has 102 valence electrons. The predicted octanol–water partition coefficient (Wildman–Crippen LogP) is 4.18. The van der Waals surface area contributed by atoms with Gasteiger partial charge < -0.3 is 5.32 Å². The molecule has 1 aromatic carbocycles. The summed E-state index contributed by atoms with van der Waals surface area (Å²) in [6.07, 6.45) is 2.37. The molecule has 0 saturated heterocycles. The molecular weight excluding hydrogens is 218 g/mol. The Morgan fingerprint density at radius 3 is 2.06 bits per heavy atom. The van der Waals surface area contributed by atoms with Gasteiger partial charge >= 0.3 is 0 Å². The molecule has 0 fully saturated rings.